The first kappa shape index (κ1) is 24.9. The van der Waals surface area contributed by atoms with Gasteiger partial charge in [-0.05, 0) is 24.6 Å². The predicted molar refractivity (Wildman–Crippen MR) is 116 cm³/mol. The summed E-state index contributed by atoms with van der Waals surface area (Å²) in [7, 11) is -1.29. The molecule has 0 aromatic heterocycles. The van der Waals surface area contributed by atoms with E-state index in [1.54, 1.807) is 12.1 Å². The maximum Gasteiger partial charge on any atom is 0.469 e. The number of nitrogens with zero attached hydrogens (tertiary/aromatic N) is 4. The average Bonchev–Trinajstić information content (AvgIpc) is 2.70. The fraction of sp³-hybridized carbons (Fsp3) is 0.444. The number of rotatable bonds is 8. The lowest BCUT2D eigenvalue weighted by atomic mass is 10.1. The number of benzene rings is 1. The average molecular weight is 485 g/mol. The van der Waals surface area contributed by atoms with Gasteiger partial charge in [0.15, 0.2) is 11.5 Å². The quantitative estimate of drug-likeness (QED) is 0.153. The third-order valence-electron chi connectivity index (χ3n) is 4.98. The van der Waals surface area contributed by atoms with Crippen molar-refractivity contribution in [2.75, 3.05) is 25.6 Å². The van der Waals surface area contributed by atoms with E-state index in [2.05, 4.69) is 14.5 Å². The maximum atomic E-state index is 12.3. The minimum absolute atomic E-state index is 0.156. The second kappa shape index (κ2) is 9.27. The third-order valence-corrected chi connectivity index (χ3v) is 5.47. The summed E-state index contributed by atoms with van der Waals surface area (Å²) in [5.74, 6) is -0.156. The van der Waals surface area contributed by atoms with Crippen LogP contribution in [0.25, 0.3) is 22.6 Å². The highest BCUT2D eigenvalue weighted by Crippen LogP contribution is 2.36. The van der Waals surface area contributed by atoms with Crippen LogP contribution in [-0.2, 0) is 15.6 Å². The van der Waals surface area contributed by atoms with Gasteiger partial charge in [0.05, 0.1) is 24.2 Å². The lowest BCUT2D eigenvalue weighted by Gasteiger charge is -2.26. The largest absolute Gasteiger partial charge is 0.469 e. The normalized spacial score (nSPS) is 15.0. The van der Waals surface area contributed by atoms with Gasteiger partial charge in [-0.2, -0.15) is 4.98 Å². The Labute approximate surface area is 186 Å². The zero-order chi connectivity index (χ0) is 24.7. The summed E-state index contributed by atoms with van der Waals surface area (Å²) in [6.45, 7) is 0.442. The number of aromatic amines is 1. The molecule has 0 saturated heterocycles. The van der Waals surface area contributed by atoms with Gasteiger partial charge in [0, 0.05) is 19.8 Å². The van der Waals surface area contributed by atoms with Gasteiger partial charge in [0.25, 0.3) is 5.56 Å². The second-order valence-corrected chi connectivity index (χ2v) is 8.94. The second-order valence-electron chi connectivity index (χ2n) is 7.70. The van der Waals surface area contributed by atoms with Crippen LogP contribution in [0.3, 0.4) is 0 Å². The van der Waals surface area contributed by atoms with Crippen molar-refractivity contribution in [2.45, 2.75) is 31.8 Å². The van der Waals surface area contributed by atoms with Crippen LogP contribution in [0.5, 0.6) is 0 Å². The molecule has 2 aliphatic heterocycles. The molecule has 2 aliphatic rings. The number of anilines is 1. The molecular weight excluding hydrogens is 461 g/mol. The zero-order valence-corrected chi connectivity index (χ0v) is 18.8. The summed E-state index contributed by atoms with van der Waals surface area (Å²) >= 11 is 0. The lowest BCUT2D eigenvalue weighted by molar-refractivity contribution is -0.0793. The van der Waals surface area contributed by atoms with Gasteiger partial charge >= 0.3 is 13.5 Å². The molecule has 0 amide bonds. The van der Waals surface area contributed by atoms with Crippen LogP contribution in [-0.4, -0.2) is 83.6 Å². The zero-order valence-electron chi connectivity index (χ0n) is 17.9. The monoisotopic (exact) mass is 485 g/mol. The number of H-pyrrole nitrogens is 1. The molecule has 15 heteroatoms. The highest BCUT2D eigenvalue weighted by Gasteiger charge is 2.30. The van der Waals surface area contributed by atoms with Gasteiger partial charge < -0.3 is 34.6 Å². The number of aromatic nitrogens is 4. The van der Waals surface area contributed by atoms with E-state index < -0.39 is 50.5 Å². The van der Waals surface area contributed by atoms with E-state index in [0.29, 0.717) is 11.0 Å². The predicted octanol–water partition coefficient (Wildman–Crippen LogP) is -1.85. The number of aliphatic hydroxyl groups excluding tert-OH is 3. The van der Waals surface area contributed by atoms with Crippen molar-refractivity contribution in [3.8, 4) is 11.5 Å². The molecule has 0 radical (unpaired) electrons. The number of fused-ring (bicyclic) bond motifs is 2. The fourth-order valence-electron chi connectivity index (χ4n) is 3.42. The highest BCUT2D eigenvalue weighted by molar-refractivity contribution is 7.46. The van der Waals surface area contributed by atoms with Gasteiger partial charge in [0.2, 0.25) is 0 Å². The van der Waals surface area contributed by atoms with Crippen LogP contribution in [0.2, 0.25) is 0 Å². The van der Waals surface area contributed by atoms with Crippen LogP contribution in [0.15, 0.2) is 21.7 Å². The van der Waals surface area contributed by atoms with E-state index in [-0.39, 0.29) is 11.5 Å². The first-order valence-corrected chi connectivity index (χ1v) is 11.2. The number of hydrogen-bond acceptors (Lipinski definition) is 10. The Hall–Kier alpha value is -2.71. The molecule has 6 N–H and O–H groups in total. The van der Waals surface area contributed by atoms with Gasteiger partial charge in [-0.25, -0.2) is 14.3 Å². The van der Waals surface area contributed by atoms with Gasteiger partial charge in [0.1, 0.15) is 18.3 Å². The molecular formula is C18H24N5O9P. The summed E-state index contributed by atoms with van der Waals surface area (Å²) in [5, 5.41) is 30.8. The van der Waals surface area contributed by atoms with E-state index in [4.69, 9.17) is 9.79 Å². The molecule has 0 unspecified atom stereocenters. The van der Waals surface area contributed by atoms with Crippen LogP contribution >= 0.6 is 7.82 Å². The molecule has 1 aromatic rings. The molecule has 3 atom stereocenters. The molecule has 14 nitrogen and oxygen atoms in total. The molecule has 0 aliphatic carbocycles. The Morgan fingerprint density at radius 1 is 1.15 bits per heavy atom. The van der Waals surface area contributed by atoms with E-state index in [9.17, 15) is 29.5 Å². The van der Waals surface area contributed by atoms with Gasteiger partial charge in [-0.3, -0.25) is 14.3 Å². The third kappa shape index (κ3) is 5.45. The highest BCUT2D eigenvalue weighted by atomic mass is 31.2. The molecule has 3 rings (SSSR count). The summed E-state index contributed by atoms with van der Waals surface area (Å²) < 4.78 is 16.3. The summed E-state index contributed by atoms with van der Waals surface area (Å²) in [5.41, 5.74) is 0.430. The number of aliphatic hydroxyl groups is 3. The van der Waals surface area contributed by atoms with E-state index in [0.717, 1.165) is 11.3 Å². The lowest BCUT2D eigenvalue weighted by Crippen LogP contribution is -2.42. The van der Waals surface area contributed by atoms with Crippen LogP contribution in [0, 0.1) is 6.92 Å². The van der Waals surface area contributed by atoms with Crippen LogP contribution < -0.4 is 16.1 Å². The number of nitrogens with one attached hydrogen (secondary N) is 1. The standard InChI is InChI=1S/C18H24N5O9P/c1-8-4-9-11(5-10(8)22(2)3)23(16-14(19-9)17(27)21-18(28)20-16)6-12(24)15(26)13(25)7-32-33(29,30)31/h4-5,12-13,15,24-26H,6-7H2,1-3H3,(H,21,27,28)(H2,29,30,31)/t12-,13+,15+/m0/s1. The Kier molecular flexibility index (Phi) is 7.00. The van der Waals surface area contributed by atoms with Crippen molar-refractivity contribution in [3.63, 3.8) is 0 Å². The molecule has 180 valence electrons. The molecule has 0 saturated carbocycles. The fourth-order valence-corrected chi connectivity index (χ4v) is 3.77. The van der Waals surface area contributed by atoms with E-state index in [1.807, 2.05) is 30.9 Å². The minimum Gasteiger partial charge on any atom is -0.388 e. The molecule has 0 bridgehead atoms. The van der Waals surface area contributed by atoms with Crippen molar-refractivity contribution in [2.24, 2.45) is 0 Å². The topological polar surface area (TPSA) is 211 Å². The molecule has 33 heavy (non-hydrogen) atoms. The molecule has 2 heterocycles. The number of aryl methyl sites for hydroxylation is 1. The first-order chi connectivity index (χ1) is 15.3. The Bertz CT molecular complexity index is 1300. The van der Waals surface area contributed by atoms with Gasteiger partial charge in [-0.15, -0.1) is 0 Å². The van der Waals surface area contributed by atoms with E-state index >= 15 is 0 Å². The van der Waals surface area contributed by atoms with Crippen molar-refractivity contribution in [1.29, 1.82) is 0 Å². The molecule has 0 fully saturated rings. The number of phosphoric acid groups is 1. The summed E-state index contributed by atoms with van der Waals surface area (Å²) in [4.78, 5) is 53.7. The van der Waals surface area contributed by atoms with E-state index in [1.165, 1.54) is 4.57 Å². The number of phosphoric ester groups is 1. The van der Waals surface area contributed by atoms with Crippen molar-refractivity contribution < 1.29 is 34.2 Å². The molecule has 1 aromatic carbocycles. The first-order valence-electron chi connectivity index (χ1n) is 9.65. The number of hydrogen-bond donors (Lipinski definition) is 6. The van der Waals surface area contributed by atoms with Crippen molar-refractivity contribution in [1.82, 2.24) is 19.5 Å². The van der Waals surface area contributed by atoms with Crippen molar-refractivity contribution in [3.05, 3.63) is 38.5 Å². The Balaban J connectivity index is 2.12. The Morgan fingerprint density at radius 2 is 1.82 bits per heavy atom. The van der Waals surface area contributed by atoms with Gasteiger partial charge in [-0.1, -0.05) is 0 Å². The minimum atomic E-state index is -4.91. The SMILES string of the molecule is Cc1cc2nc3c(=O)[nH]c(=O)nc-3n(C[C@H](O)[C@@H](O)[C@H](O)COP(=O)(O)O)c2cc1N(C)C. The smallest absolute Gasteiger partial charge is 0.388 e. The maximum absolute atomic E-state index is 12.3. The van der Waals surface area contributed by atoms with Crippen molar-refractivity contribution >= 4 is 24.5 Å². The summed E-state index contributed by atoms with van der Waals surface area (Å²) in [6, 6.07) is 3.41. The summed E-state index contributed by atoms with van der Waals surface area (Å²) in [6.07, 6.45) is -5.45. The Morgan fingerprint density at radius 3 is 2.42 bits per heavy atom. The van der Waals surface area contributed by atoms with Crippen LogP contribution in [0.4, 0.5) is 5.69 Å². The van der Waals surface area contributed by atoms with Crippen LogP contribution in [0.1, 0.15) is 5.56 Å². The molecule has 0 spiro atoms.